The van der Waals surface area contributed by atoms with Gasteiger partial charge in [-0.05, 0) is 6.07 Å². The molecule has 1 aliphatic heterocycles. The van der Waals surface area contributed by atoms with E-state index in [1.807, 2.05) is 0 Å². The fraction of sp³-hybridized carbons (Fsp3) is 0.125. The molecule has 0 aliphatic carbocycles. The van der Waals surface area contributed by atoms with Crippen molar-refractivity contribution in [1.82, 2.24) is 10.3 Å². The number of amides is 1. The first-order valence-electron chi connectivity index (χ1n) is 3.53. The van der Waals surface area contributed by atoms with E-state index < -0.39 is 0 Å². The first kappa shape index (κ1) is 6.97. The van der Waals surface area contributed by atoms with Gasteiger partial charge >= 0.3 is 0 Å². The largest absolute Gasteiger partial charge is 0.348 e. The van der Waals surface area contributed by atoms with Crippen molar-refractivity contribution in [3.8, 4) is 0 Å². The maximum atomic E-state index is 11.1. The molecule has 0 atom stereocenters. The van der Waals surface area contributed by atoms with Crippen molar-refractivity contribution < 1.29 is 9.59 Å². The Balaban J connectivity index is 2.57. The lowest BCUT2D eigenvalue weighted by molar-refractivity contribution is 0.0965. The zero-order chi connectivity index (χ0) is 8.55. The lowest BCUT2D eigenvalue weighted by atomic mass is 10.1. The molecule has 0 fully saturated rings. The lowest BCUT2D eigenvalue weighted by Gasteiger charge is -1.93. The third kappa shape index (κ3) is 0.887. The summed E-state index contributed by atoms with van der Waals surface area (Å²) >= 11 is 0. The topological polar surface area (TPSA) is 59.1 Å². The highest BCUT2D eigenvalue weighted by molar-refractivity contribution is 5.99. The number of aldehydes is 1. The zero-order valence-electron chi connectivity index (χ0n) is 6.20. The van der Waals surface area contributed by atoms with Gasteiger partial charge in [0.15, 0.2) is 6.29 Å². The molecule has 0 saturated carbocycles. The first-order valence-corrected chi connectivity index (χ1v) is 3.53. The number of pyridine rings is 1. The first-order chi connectivity index (χ1) is 5.81. The van der Waals surface area contributed by atoms with E-state index in [2.05, 4.69) is 10.3 Å². The van der Waals surface area contributed by atoms with Crippen LogP contribution in [0, 0.1) is 0 Å². The van der Waals surface area contributed by atoms with Crippen LogP contribution in [0.1, 0.15) is 26.4 Å². The Morgan fingerprint density at radius 3 is 3.17 bits per heavy atom. The maximum absolute atomic E-state index is 11.1. The second kappa shape index (κ2) is 2.41. The van der Waals surface area contributed by atoms with Gasteiger partial charge in [0.25, 0.3) is 5.91 Å². The summed E-state index contributed by atoms with van der Waals surface area (Å²) in [5.41, 5.74) is 1.71. The minimum atomic E-state index is -0.129. The Bertz CT molecular complexity index is 360. The summed E-state index contributed by atoms with van der Waals surface area (Å²) < 4.78 is 0. The molecule has 1 aromatic heterocycles. The number of nitrogens with zero attached hydrogens (tertiary/aromatic N) is 1. The third-order valence-corrected chi connectivity index (χ3v) is 1.81. The number of carbonyl (C=O) groups is 2. The molecular weight excluding hydrogens is 156 g/mol. The van der Waals surface area contributed by atoms with Crippen LogP contribution in [0.2, 0.25) is 0 Å². The highest BCUT2D eigenvalue weighted by atomic mass is 16.2. The number of nitrogens with one attached hydrogen (secondary N) is 1. The summed E-state index contributed by atoms with van der Waals surface area (Å²) in [7, 11) is 0. The van der Waals surface area contributed by atoms with E-state index >= 15 is 0 Å². The Morgan fingerprint density at radius 2 is 2.42 bits per heavy atom. The highest BCUT2D eigenvalue weighted by Gasteiger charge is 2.18. The second-order valence-corrected chi connectivity index (χ2v) is 2.57. The van der Waals surface area contributed by atoms with E-state index in [-0.39, 0.29) is 5.91 Å². The van der Waals surface area contributed by atoms with Gasteiger partial charge in [0.05, 0.1) is 0 Å². The van der Waals surface area contributed by atoms with Gasteiger partial charge in [-0.1, -0.05) is 0 Å². The average molecular weight is 162 g/mol. The van der Waals surface area contributed by atoms with Crippen molar-refractivity contribution in [2.75, 3.05) is 0 Å². The van der Waals surface area contributed by atoms with E-state index in [9.17, 15) is 9.59 Å². The van der Waals surface area contributed by atoms with E-state index in [4.69, 9.17) is 0 Å². The highest BCUT2D eigenvalue weighted by Crippen LogP contribution is 2.13. The fourth-order valence-electron chi connectivity index (χ4n) is 1.19. The van der Waals surface area contributed by atoms with Crippen molar-refractivity contribution in [2.45, 2.75) is 6.54 Å². The number of fused-ring (bicyclic) bond motifs is 1. The Kier molecular flexibility index (Phi) is 1.40. The molecule has 0 bridgehead atoms. The molecule has 0 saturated heterocycles. The van der Waals surface area contributed by atoms with Gasteiger partial charge in [-0.3, -0.25) is 14.6 Å². The molecule has 2 rings (SSSR count). The zero-order valence-corrected chi connectivity index (χ0v) is 6.20. The molecule has 0 spiro atoms. The predicted molar refractivity (Wildman–Crippen MR) is 40.8 cm³/mol. The molecule has 12 heavy (non-hydrogen) atoms. The van der Waals surface area contributed by atoms with Crippen LogP contribution in [-0.2, 0) is 6.54 Å². The van der Waals surface area contributed by atoms with E-state index in [1.165, 1.54) is 6.07 Å². The molecule has 4 heteroatoms. The van der Waals surface area contributed by atoms with Gasteiger partial charge in [-0.25, -0.2) is 0 Å². The van der Waals surface area contributed by atoms with E-state index in [1.54, 1.807) is 6.20 Å². The van der Waals surface area contributed by atoms with Gasteiger partial charge in [0.1, 0.15) is 5.69 Å². The summed E-state index contributed by atoms with van der Waals surface area (Å²) in [6, 6.07) is 1.50. The Morgan fingerprint density at radius 1 is 1.58 bits per heavy atom. The molecule has 1 aromatic rings. The average Bonchev–Trinajstić information content (AvgIpc) is 2.47. The number of hydrogen-bond acceptors (Lipinski definition) is 3. The summed E-state index contributed by atoms with van der Waals surface area (Å²) in [4.78, 5) is 25.2. The monoisotopic (exact) mass is 162 g/mol. The smallest absolute Gasteiger partial charge is 0.252 e. The molecule has 1 aliphatic rings. The van der Waals surface area contributed by atoms with Crippen molar-refractivity contribution >= 4 is 12.2 Å². The van der Waals surface area contributed by atoms with Crippen LogP contribution in [0.25, 0.3) is 0 Å². The Labute approximate surface area is 68.6 Å². The van der Waals surface area contributed by atoms with Crippen molar-refractivity contribution in [1.29, 1.82) is 0 Å². The fourth-order valence-corrected chi connectivity index (χ4v) is 1.19. The molecular formula is C8H6N2O2. The SMILES string of the molecule is O=Cc1cc2c(cn1)CNC2=O. The number of rotatable bonds is 1. The molecule has 0 aromatic carbocycles. The predicted octanol–water partition coefficient (Wildman–Crippen LogP) is 0.138. The van der Waals surface area contributed by atoms with Crippen LogP contribution in [-0.4, -0.2) is 17.2 Å². The van der Waals surface area contributed by atoms with Gasteiger partial charge < -0.3 is 5.32 Å². The molecule has 1 N–H and O–H groups in total. The summed E-state index contributed by atoms with van der Waals surface area (Å²) in [6.07, 6.45) is 2.18. The maximum Gasteiger partial charge on any atom is 0.252 e. The van der Waals surface area contributed by atoms with Crippen molar-refractivity contribution in [3.05, 3.63) is 29.1 Å². The third-order valence-electron chi connectivity index (χ3n) is 1.81. The van der Waals surface area contributed by atoms with Crippen molar-refractivity contribution in [2.24, 2.45) is 0 Å². The van der Waals surface area contributed by atoms with Crippen LogP contribution < -0.4 is 5.32 Å². The van der Waals surface area contributed by atoms with Gasteiger partial charge in [-0.2, -0.15) is 0 Å². The van der Waals surface area contributed by atoms with Crippen LogP contribution in [0.5, 0.6) is 0 Å². The Hall–Kier alpha value is -1.71. The van der Waals surface area contributed by atoms with Gasteiger partial charge in [0, 0.05) is 23.9 Å². The molecule has 4 nitrogen and oxygen atoms in total. The second-order valence-electron chi connectivity index (χ2n) is 2.57. The lowest BCUT2D eigenvalue weighted by Crippen LogP contribution is -2.12. The molecule has 0 radical (unpaired) electrons. The van der Waals surface area contributed by atoms with E-state index in [0.29, 0.717) is 24.1 Å². The number of hydrogen-bond donors (Lipinski definition) is 1. The van der Waals surface area contributed by atoms with Gasteiger partial charge in [0.2, 0.25) is 0 Å². The van der Waals surface area contributed by atoms with E-state index in [0.717, 1.165) is 5.56 Å². The quantitative estimate of drug-likeness (QED) is 0.597. The number of carbonyl (C=O) groups excluding carboxylic acids is 2. The van der Waals surface area contributed by atoms with Crippen LogP contribution in [0.3, 0.4) is 0 Å². The summed E-state index contributed by atoms with van der Waals surface area (Å²) in [5, 5.41) is 2.64. The summed E-state index contributed by atoms with van der Waals surface area (Å²) in [6.45, 7) is 0.514. The molecule has 60 valence electrons. The van der Waals surface area contributed by atoms with Crippen molar-refractivity contribution in [3.63, 3.8) is 0 Å². The van der Waals surface area contributed by atoms with Crippen LogP contribution in [0.15, 0.2) is 12.3 Å². The standard InChI is InChI=1S/C8H6N2O2/c11-4-6-1-7-5(2-9-6)3-10-8(7)12/h1-2,4H,3H2,(H,10,12). The van der Waals surface area contributed by atoms with Gasteiger partial charge in [-0.15, -0.1) is 0 Å². The minimum Gasteiger partial charge on any atom is -0.348 e. The van der Waals surface area contributed by atoms with Crippen LogP contribution in [0.4, 0.5) is 0 Å². The molecule has 1 amide bonds. The van der Waals surface area contributed by atoms with Crippen LogP contribution >= 0.6 is 0 Å². The molecule has 2 heterocycles. The number of aromatic nitrogens is 1. The normalized spacial score (nSPS) is 13.8. The minimum absolute atomic E-state index is 0.129. The molecule has 0 unspecified atom stereocenters. The summed E-state index contributed by atoms with van der Waals surface area (Å²) in [5.74, 6) is -0.129.